The number of rotatable bonds is 43. The van der Waals surface area contributed by atoms with Crippen LogP contribution in [0.25, 0.3) is 0 Å². The molecule has 0 aliphatic rings. The van der Waals surface area contributed by atoms with Crippen molar-refractivity contribution in [2.24, 2.45) is 0 Å². The lowest BCUT2D eigenvalue weighted by molar-refractivity contribution is -0.137. The van der Waals surface area contributed by atoms with Crippen molar-refractivity contribution in [1.82, 2.24) is 26.0 Å². The fourth-order valence-corrected chi connectivity index (χ4v) is 6.17. The van der Waals surface area contributed by atoms with E-state index in [0.717, 1.165) is 57.8 Å². The molecule has 0 saturated heterocycles. The average molecular weight is 880 g/mol. The second kappa shape index (κ2) is 40.5. The van der Waals surface area contributed by atoms with Crippen LogP contribution >= 0.6 is 25.4 Å². The summed E-state index contributed by atoms with van der Waals surface area (Å²) in [6, 6.07) is -1.12. The van der Waals surface area contributed by atoms with E-state index < -0.39 is 18.1 Å². The number of unbranched alkanes of at least 4 members (excludes halogenated alkanes) is 12. The summed E-state index contributed by atoms with van der Waals surface area (Å²) < 4.78 is 24.0. The zero-order valence-electron chi connectivity index (χ0n) is 34.9. The Morgan fingerprint density at radius 3 is 1.42 bits per heavy atom. The molecule has 342 valence electrons. The molecule has 0 aliphatic heterocycles. The first-order valence-corrected chi connectivity index (χ1v) is 22.0. The van der Waals surface area contributed by atoms with Crippen LogP contribution in [0.3, 0.4) is 0 Å². The van der Waals surface area contributed by atoms with Crippen molar-refractivity contribution in [2.45, 2.75) is 134 Å². The van der Waals surface area contributed by atoms with Gasteiger partial charge in [0.1, 0.15) is 19.0 Å². The molecule has 0 aromatic heterocycles. The predicted molar refractivity (Wildman–Crippen MR) is 231 cm³/mol. The zero-order valence-corrected chi connectivity index (χ0v) is 36.7. The van der Waals surface area contributed by atoms with Gasteiger partial charge in [-0.25, -0.2) is 0 Å². The fourth-order valence-electron chi connectivity index (χ4n) is 5.62. The van der Waals surface area contributed by atoms with Crippen LogP contribution in [0, 0.1) is 0 Å². The Morgan fingerprint density at radius 1 is 0.492 bits per heavy atom. The van der Waals surface area contributed by atoms with Gasteiger partial charge in [0.25, 0.3) is 0 Å². The second-order valence-corrected chi connectivity index (χ2v) is 14.9. The molecule has 0 fully saturated rings. The number of ether oxygens (including phenoxy) is 4. The summed E-state index contributed by atoms with van der Waals surface area (Å²) in [5.41, 5.74) is 0. The molecular weight excluding hydrogens is 807 g/mol. The molecule has 0 heterocycles. The van der Waals surface area contributed by atoms with Crippen molar-refractivity contribution < 1.29 is 57.9 Å². The molecule has 59 heavy (non-hydrogen) atoms. The molecule has 2 atom stereocenters. The Hall–Kier alpha value is -2.94. The van der Waals surface area contributed by atoms with E-state index in [1.54, 1.807) is 0 Å². The molecule has 17 nitrogen and oxygen atoms in total. The molecule has 0 radical (unpaired) electrons. The highest BCUT2D eigenvalue weighted by molar-refractivity contribution is 7.96. The molecule has 0 rings (SSSR count). The minimum atomic E-state index is -0.720. The van der Waals surface area contributed by atoms with Crippen LogP contribution in [0.15, 0.2) is 12.3 Å². The third kappa shape index (κ3) is 39.0. The number of aliphatic hydroxyl groups excluding tert-OH is 1. The molecule has 0 aromatic rings. The second-order valence-electron chi connectivity index (χ2n) is 14.2. The van der Waals surface area contributed by atoms with Crippen molar-refractivity contribution in [2.75, 3.05) is 72.5 Å². The van der Waals surface area contributed by atoms with Crippen LogP contribution in [0.1, 0.15) is 122 Å². The molecule has 2 unspecified atom stereocenters. The lowest BCUT2D eigenvalue weighted by Crippen LogP contribution is -2.37. The van der Waals surface area contributed by atoms with E-state index in [2.05, 4.69) is 58.0 Å². The number of amides is 4. The lowest BCUT2D eigenvalue weighted by atomic mass is 10.0. The number of aliphatic carboxylic acids is 1. The molecular formula is C40H73N5O12S2. The SMILES string of the molecule is C=C(O)C(CCC(=O)NCCOCCOCC(=O)NCCOCCOCC(=O)NCCCCC(NS)C(=O)S)NC(=O)CCCCCCCCCCCCCCC(=O)O. The number of carboxylic acid groups (broad SMARTS) is 1. The smallest absolute Gasteiger partial charge is 0.303 e. The number of thiol groups is 2. The lowest BCUT2D eigenvalue weighted by Gasteiger charge is -2.17. The third-order valence-electron chi connectivity index (χ3n) is 8.99. The van der Waals surface area contributed by atoms with Gasteiger partial charge in [-0.3, -0.25) is 33.5 Å². The first-order chi connectivity index (χ1) is 28.5. The van der Waals surface area contributed by atoms with Gasteiger partial charge in [0.15, 0.2) is 0 Å². The summed E-state index contributed by atoms with van der Waals surface area (Å²) >= 11 is 7.67. The van der Waals surface area contributed by atoms with Crippen LogP contribution in [-0.4, -0.2) is 129 Å². The Morgan fingerprint density at radius 2 is 0.949 bits per heavy atom. The third-order valence-corrected chi connectivity index (χ3v) is 9.61. The highest BCUT2D eigenvalue weighted by atomic mass is 32.1. The molecule has 0 aromatic carbocycles. The van der Waals surface area contributed by atoms with Crippen LogP contribution in [0.2, 0.25) is 0 Å². The van der Waals surface area contributed by atoms with Gasteiger partial charge in [-0.2, -0.15) is 0 Å². The largest absolute Gasteiger partial charge is 0.511 e. The van der Waals surface area contributed by atoms with Crippen molar-refractivity contribution in [3.63, 3.8) is 0 Å². The van der Waals surface area contributed by atoms with Crippen molar-refractivity contribution in [1.29, 1.82) is 0 Å². The maximum Gasteiger partial charge on any atom is 0.303 e. The quantitative estimate of drug-likeness (QED) is 0.0242. The van der Waals surface area contributed by atoms with Gasteiger partial charge in [-0.05, 0) is 38.5 Å². The summed E-state index contributed by atoms with van der Waals surface area (Å²) in [6.07, 6.45) is 15.6. The summed E-state index contributed by atoms with van der Waals surface area (Å²) in [5, 5.41) is 29.2. The number of hydrogen-bond donors (Lipinski definition) is 9. The van der Waals surface area contributed by atoms with E-state index in [1.807, 2.05) is 0 Å². The summed E-state index contributed by atoms with van der Waals surface area (Å²) in [5.74, 6) is -1.89. The number of hydrogen-bond acceptors (Lipinski definition) is 13. The molecule has 4 amide bonds. The van der Waals surface area contributed by atoms with Gasteiger partial charge in [-0.1, -0.05) is 83.6 Å². The molecule has 7 N–H and O–H groups in total. The van der Waals surface area contributed by atoms with Gasteiger partial charge in [0, 0.05) is 38.9 Å². The Balaban J connectivity index is 3.66. The minimum absolute atomic E-state index is 0.0894. The maximum atomic E-state index is 12.4. The molecule has 0 saturated carbocycles. The Bertz CT molecular complexity index is 1170. The highest BCUT2D eigenvalue weighted by Gasteiger charge is 2.17. The van der Waals surface area contributed by atoms with Crippen molar-refractivity contribution in [3.8, 4) is 0 Å². The van der Waals surface area contributed by atoms with Crippen LogP contribution in [-0.2, 0) is 47.7 Å². The van der Waals surface area contributed by atoms with Gasteiger partial charge in [-0.15, -0.1) is 12.6 Å². The van der Waals surface area contributed by atoms with Gasteiger partial charge >= 0.3 is 5.97 Å². The molecule has 0 bridgehead atoms. The summed E-state index contributed by atoms with van der Waals surface area (Å²) in [6.45, 7) is 5.74. The number of carboxylic acids is 1. The average Bonchev–Trinajstić information content (AvgIpc) is 3.19. The Labute approximate surface area is 361 Å². The van der Waals surface area contributed by atoms with E-state index in [-0.39, 0.29) is 120 Å². The number of carbonyl (C=O) groups excluding carboxylic acids is 5. The molecule has 0 spiro atoms. The van der Waals surface area contributed by atoms with Crippen molar-refractivity contribution in [3.05, 3.63) is 12.3 Å². The topological polar surface area (TPSA) is 240 Å². The minimum Gasteiger partial charge on any atom is -0.511 e. The molecule has 0 aliphatic carbocycles. The number of nitrogens with one attached hydrogen (secondary N) is 5. The van der Waals surface area contributed by atoms with E-state index in [9.17, 15) is 33.9 Å². The van der Waals surface area contributed by atoms with E-state index in [4.69, 9.17) is 24.1 Å². The highest BCUT2D eigenvalue weighted by Crippen LogP contribution is 2.13. The van der Waals surface area contributed by atoms with Crippen LogP contribution < -0.4 is 26.0 Å². The standard InChI is InChI=1S/C40H73N5O12S2/c1-32(46)33(44-36(48)17-12-10-8-6-4-2-3-5-7-9-11-13-18-39(51)52)19-20-35(47)42-22-24-54-26-29-57-31-38(50)43-23-25-55-27-28-56-30-37(49)41-21-15-14-16-34(45-59)40(53)58/h33-34,45-46,59H,1-31H2,(H,41,49)(H,42,47)(H,43,50)(H,44,48)(H,51,52)(H,53,58). The number of aliphatic hydroxyl groups is 1. The molecule has 19 heteroatoms. The normalized spacial score (nSPS) is 12.0. The van der Waals surface area contributed by atoms with Crippen LogP contribution in [0.5, 0.6) is 0 Å². The first-order valence-electron chi connectivity index (χ1n) is 21.1. The Kier molecular flexibility index (Phi) is 38.4. The van der Waals surface area contributed by atoms with Gasteiger partial charge < -0.3 is 50.4 Å². The van der Waals surface area contributed by atoms with Crippen molar-refractivity contribution >= 4 is 60.2 Å². The number of carbonyl (C=O) groups is 6. The van der Waals surface area contributed by atoms with Crippen LogP contribution in [0.4, 0.5) is 0 Å². The predicted octanol–water partition coefficient (Wildman–Crippen LogP) is 3.71. The van der Waals surface area contributed by atoms with Gasteiger partial charge in [0.2, 0.25) is 28.7 Å². The van der Waals surface area contributed by atoms with Gasteiger partial charge in [0.05, 0.1) is 51.7 Å². The first kappa shape index (κ1) is 56.1. The maximum absolute atomic E-state index is 12.4. The van der Waals surface area contributed by atoms with E-state index in [1.165, 1.54) is 25.7 Å². The zero-order chi connectivity index (χ0) is 43.8. The van der Waals surface area contributed by atoms with E-state index >= 15 is 0 Å². The van der Waals surface area contributed by atoms with E-state index in [0.29, 0.717) is 25.8 Å². The summed E-state index contributed by atoms with van der Waals surface area (Å²) in [7, 11) is 0. The fraction of sp³-hybridized carbons (Fsp3) is 0.800. The monoisotopic (exact) mass is 879 g/mol. The summed E-state index contributed by atoms with van der Waals surface area (Å²) in [4.78, 5) is 70.1.